The number of carbonyl (C=O) groups is 2. The molecule has 0 aliphatic carbocycles. The van der Waals surface area contributed by atoms with Crippen LogP contribution in [0.3, 0.4) is 0 Å². The van der Waals surface area contributed by atoms with Crippen molar-refractivity contribution in [2.75, 3.05) is 24.2 Å². The number of ether oxygens (including phenoxy) is 1. The van der Waals surface area contributed by atoms with Crippen LogP contribution in [0.25, 0.3) is 0 Å². The number of anilines is 2. The van der Waals surface area contributed by atoms with Gasteiger partial charge in [-0.3, -0.25) is 19.7 Å². The van der Waals surface area contributed by atoms with Crippen molar-refractivity contribution in [1.29, 1.82) is 0 Å². The second-order valence-corrected chi connectivity index (χ2v) is 5.33. The largest absolute Gasteiger partial charge is 0.494 e. The lowest BCUT2D eigenvalue weighted by atomic mass is 10.1. The van der Waals surface area contributed by atoms with Gasteiger partial charge in [-0.25, -0.2) is 4.39 Å². The van der Waals surface area contributed by atoms with Crippen LogP contribution in [0.5, 0.6) is 5.75 Å². The van der Waals surface area contributed by atoms with Gasteiger partial charge in [-0.2, -0.15) is 0 Å². The van der Waals surface area contributed by atoms with Gasteiger partial charge in [-0.15, -0.1) is 0 Å². The first-order chi connectivity index (χ1) is 12.8. The molecule has 9 nitrogen and oxygen atoms in total. The van der Waals surface area contributed by atoms with E-state index in [0.717, 1.165) is 6.07 Å². The smallest absolute Gasteiger partial charge is 0.295 e. The zero-order valence-electron chi connectivity index (χ0n) is 14.3. The van der Waals surface area contributed by atoms with Gasteiger partial charge in [-0.05, 0) is 37.3 Å². The summed E-state index contributed by atoms with van der Waals surface area (Å²) >= 11 is 0. The minimum absolute atomic E-state index is 0.421. The van der Waals surface area contributed by atoms with Crippen LogP contribution < -0.4 is 21.1 Å². The van der Waals surface area contributed by atoms with Crippen LogP contribution in [0, 0.1) is 15.9 Å². The number of nitro groups is 1. The summed E-state index contributed by atoms with van der Waals surface area (Å²) in [6.07, 6.45) is 0. The Balaban J connectivity index is 1.99. The molecule has 10 heteroatoms. The molecular weight excluding hydrogens is 359 g/mol. The molecule has 0 spiro atoms. The number of carbonyl (C=O) groups excluding carboxylic acids is 2. The maximum atomic E-state index is 13.5. The van der Waals surface area contributed by atoms with Crippen LogP contribution in [-0.2, 0) is 4.79 Å². The summed E-state index contributed by atoms with van der Waals surface area (Å²) in [6.45, 7) is 1.92. The molecule has 4 N–H and O–H groups in total. The zero-order valence-corrected chi connectivity index (χ0v) is 14.3. The van der Waals surface area contributed by atoms with Crippen molar-refractivity contribution in [3.05, 3.63) is 57.9 Å². The van der Waals surface area contributed by atoms with Crippen molar-refractivity contribution in [3.8, 4) is 5.75 Å². The third kappa shape index (κ3) is 5.14. The van der Waals surface area contributed by atoms with E-state index in [2.05, 4.69) is 10.6 Å². The number of hydrogen-bond donors (Lipinski definition) is 3. The van der Waals surface area contributed by atoms with Gasteiger partial charge in [0.2, 0.25) is 5.91 Å². The summed E-state index contributed by atoms with van der Waals surface area (Å²) in [5.74, 6) is -1.79. The Bertz CT molecular complexity index is 870. The van der Waals surface area contributed by atoms with Crippen LogP contribution in [0.15, 0.2) is 36.4 Å². The van der Waals surface area contributed by atoms with Gasteiger partial charge in [0.05, 0.1) is 29.7 Å². The molecule has 0 aliphatic heterocycles. The van der Waals surface area contributed by atoms with Gasteiger partial charge >= 0.3 is 0 Å². The number of hydrogen-bond acceptors (Lipinski definition) is 6. The normalized spacial score (nSPS) is 10.1. The molecule has 0 aliphatic rings. The summed E-state index contributed by atoms with van der Waals surface area (Å²) in [6, 6.07) is 7.97. The first-order valence-corrected chi connectivity index (χ1v) is 7.86. The van der Waals surface area contributed by atoms with Gasteiger partial charge in [0.15, 0.2) is 0 Å². The molecule has 0 bridgehead atoms. The predicted octanol–water partition coefficient (Wildman–Crippen LogP) is 2.08. The molecule has 142 valence electrons. The van der Waals surface area contributed by atoms with Crippen molar-refractivity contribution >= 4 is 28.9 Å². The highest BCUT2D eigenvalue weighted by atomic mass is 19.1. The summed E-state index contributed by atoms with van der Waals surface area (Å²) in [5, 5.41) is 15.6. The SMILES string of the molecule is CCOc1ccc(NC(=O)CNC(=O)c2cc(F)cc([N+](=O)[O-])c2N)cc1. The molecule has 0 radical (unpaired) electrons. The number of nitrogens with zero attached hydrogens (tertiary/aromatic N) is 1. The molecule has 2 aromatic rings. The van der Waals surface area contributed by atoms with Crippen LogP contribution in [0.1, 0.15) is 17.3 Å². The van der Waals surface area contributed by atoms with E-state index < -0.39 is 46.0 Å². The number of rotatable bonds is 7. The zero-order chi connectivity index (χ0) is 20.0. The van der Waals surface area contributed by atoms with Crippen molar-refractivity contribution in [3.63, 3.8) is 0 Å². The number of benzene rings is 2. The van der Waals surface area contributed by atoms with Crippen LogP contribution in [0.4, 0.5) is 21.5 Å². The third-order valence-electron chi connectivity index (χ3n) is 3.42. The minimum atomic E-state index is -0.986. The Labute approximate surface area is 153 Å². The first kappa shape index (κ1) is 19.6. The van der Waals surface area contributed by atoms with E-state index in [4.69, 9.17) is 10.5 Å². The lowest BCUT2D eigenvalue weighted by molar-refractivity contribution is -0.384. The van der Waals surface area contributed by atoms with Crippen LogP contribution >= 0.6 is 0 Å². The van der Waals surface area contributed by atoms with Gasteiger partial charge in [-0.1, -0.05) is 0 Å². The van der Waals surface area contributed by atoms with Gasteiger partial charge in [0.25, 0.3) is 11.6 Å². The fraction of sp³-hybridized carbons (Fsp3) is 0.176. The van der Waals surface area contributed by atoms with E-state index in [1.807, 2.05) is 6.92 Å². The average Bonchev–Trinajstić information content (AvgIpc) is 2.63. The molecule has 2 amide bonds. The number of halogens is 1. The summed E-state index contributed by atoms with van der Waals surface area (Å²) in [5.41, 5.74) is 4.40. The van der Waals surface area contributed by atoms with E-state index in [1.54, 1.807) is 24.3 Å². The predicted molar refractivity (Wildman–Crippen MR) is 96.0 cm³/mol. The highest BCUT2D eigenvalue weighted by Gasteiger charge is 2.22. The van der Waals surface area contributed by atoms with E-state index in [-0.39, 0.29) is 0 Å². The summed E-state index contributed by atoms with van der Waals surface area (Å²) in [7, 11) is 0. The number of nitro benzene ring substituents is 1. The molecule has 0 unspecified atom stereocenters. The molecule has 0 fully saturated rings. The molecule has 2 rings (SSSR count). The van der Waals surface area contributed by atoms with E-state index in [9.17, 15) is 24.1 Å². The minimum Gasteiger partial charge on any atom is -0.494 e. The average molecular weight is 376 g/mol. The Morgan fingerprint density at radius 2 is 1.93 bits per heavy atom. The Morgan fingerprint density at radius 3 is 2.52 bits per heavy atom. The number of nitrogens with two attached hydrogens (primary N) is 1. The summed E-state index contributed by atoms with van der Waals surface area (Å²) < 4.78 is 18.8. The fourth-order valence-corrected chi connectivity index (χ4v) is 2.20. The summed E-state index contributed by atoms with van der Waals surface area (Å²) in [4.78, 5) is 33.9. The molecule has 0 saturated carbocycles. The maximum absolute atomic E-state index is 13.5. The number of nitrogen functional groups attached to an aromatic ring is 1. The standard InChI is InChI=1S/C17H17FN4O5/c1-2-27-12-5-3-11(4-6-12)21-15(23)9-20-17(24)13-7-10(18)8-14(16(13)19)22(25)26/h3-8H,2,9,19H2,1H3,(H,20,24)(H,21,23). The quantitative estimate of drug-likeness (QED) is 0.384. The second-order valence-electron chi connectivity index (χ2n) is 5.33. The Morgan fingerprint density at radius 1 is 1.26 bits per heavy atom. The van der Waals surface area contributed by atoms with Crippen molar-refractivity contribution in [2.45, 2.75) is 6.92 Å². The van der Waals surface area contributed by atoms with Crippen molar-refractivity contribution in [1.82, 2.24) is 5.32 Å². The topological polar surface area (TPSA) is 137 Å². The lowest BCUT2D eigenvalue weighted by Gasteiger charge is -2.09. The molecule has 0 atom stereocenters. The molecular formula is C17H17FN4O5. The van der Waals surface area contributed by atoms with E-state index >= 15 is 0 Å². The first-order valence-electron chi connectivity index (χ1n) is 7.86. The van der Waals surface area contributed by atoms with Crippen LogP contribution in [-0.4, -0.2) is 29.9 Å². The maximum Gasteiger partial charge on any atom is 0.295 e. The number of amides is 2. The van der Waals surface area contributed by atoms with Gasteiger partial charge in [0, 0.05) is 5.69 Å². The highest BCUT2D eigenvalue weighted by molar-refractivity contribution is 6.03. The lowest BCUT2D eigenvalue weighted by Crippen LogP contribution is -2.33. The van der Waals surface area contributed by atoms with E-state index in [1.165, 1.54) is 0 Å². The second kappa shape index (κ2) is 8.61. The van der Waals surface area contributed by atoms with Gasteiger partial charge < -0.3 is 21.1 Å². The molecule has 0 aromatic heterocycles. The highest BCUT2D eigenvalue weighted by Crippen LogP contribution is 2.26. The third-order valence-corrected chi connectivity index (χ3v) is 3.42. The van der Waals surface area contributed by atoms with Gasteiger partial charge in [0.1, 0.15) is 17.3 Å². The number of nitrogens with one attached hydrogen (secondary N) is 2. The Kier molecular flexibility index (Phi) is 6.26. The molecule has 2 aromatic carbocycles. The monoisotopic (exact) mass is 376 g/mol. The van der Waals surface area contributed by atoms with E-state index in [0.29, 0.717) is 24.1 Å². The molecule has 0 saturated heterocycles. The Hall–Kier alpha value is -3.69. The molecule has 0 heterocycles. The fourth-order valence-electron chi connectivity index (χ4n) is 2.20. The van der Waals surface area contributed by atoms with Crippen molar-refractivity contribution < 1.29 is 23.6 Å². The van der Waals surface area contributed by atoms with Crippen molar-refractivity contribution in [2.24, 2.45) is 0 Å². The van der Waals surface area contributed by atoms with Crippen LogP contribution in [0.2, 0.25) is 0 Å². The molecule has 27 heavy (non-hydrogen) atoms.